The molecule has 2 nitrogen and oxygen atoms in total. The first-order chi connectivity index (χ1) is 8.18. The maximum Gasteiger partial charge on any atom is 0.0843 e. The van der Waals surface area contributed by atoms with E-state index in [1.165, 1.54) is 0 Å². The zero-order valence-corrected chi connectivity index (χ0v) is 11.0. The summed E-state index contributed by atoms with van der Waals surface area (Å²) in [6.45, 7) is 0.734. The summed E-state index contributed by atoms with van der Waals surface area (Å²) in [6, 6.07) is 5.38. The van der Waals surface area contributed by atoms with Crippen molar-refractivity contribution >= 4 is 23.2 Å². The van der Waals surface area contributed by atoms with Crippen LogP contribution >= 0.6 is 23.2 Å². The van der Waals surface area contributed by atoms with Crippen LogP contribution in [0.5, 0.6) is 0 Å². The van der Waals surface area contributed by atoms with Gasteiger partial charge in [0.2, 0.25) is 0 Å². The van der Waals surface area contributed by atoms with Gasteiger partial charge in [0.1, 0.15) is 0 Å². The van der Waals surface area contributed by atoms with Gasteiger partial charge in [-0.15, -0.1) is 0 Å². The molecule has 4 heteroatoms. The van der Waals surface area contributed by atoms with E-state index < -0.39 is 6.10 Å². The van der Waals surface area contributed by atoms with Crippen molar-refractivity contribution in [3.05, 3.63) is 33.8 Å². The topological polar surface area (TPSA) is 29.5 Å². The van der Waals surface area contributed by atoms with Gasteiger partial charge >= 0.3 is 0 Å². The number of aliphatic hydroxyl groups excluding tert-OH is 1. The van der Waals surface area contributed by atoms with Crippen molar-refractivity contribution in [1.82, 2.24) is 0 Å². The Balaban J connectivity index is 2.04. The van der Waals surface area contributed by atoms with E-state index in [-0.39, 0.29) is 6.10 Å². The van der Waals surface area contributed by atoms with Crippen molar-refractivity contribution in [2.24, 2.45) is 0 Å². The van der Waals surface area contributed by atoms with Crippen LogP contribution in [0.25, 0.3) is 0 Å². The van der Waals surface area contributed by atoms with Gasteiger partial charge in [0, 0.05) is 23.1 Å². The Kier molecular flexibility index (Phi) is 4.69. The number of hydrogen-bond acceptors (Lipinski definition) is 2. The molecule has 1 saturated heterocycles. The quantitative estimate of drug-likeness (QED) is 0.915. The highest BCUT2D eigenvalue weighted by atomic mass is 35.5. The number of rotatable bonds is 3. The fraction of sp³-hybridized carbons (Fsp3) is 0.538. The molecule has 0 saturated carbocycles. The maximum atomic E-state index is 10.1. The molecule has 94 valence electrons. The van der Waals surface area contributed by atoms with Gasteiger partial charge in [-0.05, 0) is 37.0 Å². The lowest BCUT2D eigenvalue weighted by molar-refractivity contribution is -0.0611. The van der Waals surface area contributed by atoms with Crippen LogP contribution in [-0.2, 0) is 11.2 Å². The van der Waals surface area contributed by atoms with E-state index in [2.05, 4.69) is 0 Å². The zero-order valence-electron chi connectivity index (χ0n) is 9.53. The van der Waals surface area contributed by atoms with E-state index in [9.17, 15) is 5.11 Å². The molecule has 2 unspecified atom stereocenters. The summed E-state index contributed by atoms with van der Waals surface area (Å²) < 4.78 is 5.56. The van der Waals surface area contributed by atoms with Gasteiger partial charge in [-0.3, -0.25) is 0 Å². The molecule has 2 rings (SSSR count). The normalized spacial score (nSPS) is 22.4. The molecule has 0 spiro atoms. The minimum absolute atomic E-state index is 0.0870. The van der Waals surface area contributed by atoms with Gasteiger partial charge < -0.3 is 9.84 Å². The molecule has 0 radical (unpaired) electrons. The van der Waals surface area contributed by atoms with Crippen molar-refractivity contribution in [3.8, 4) is 0 Å². The van der Waals surface area contributed by atoms with Crippen molar-refractivity contribution in [3.63, 3.8) is 0 Å². The van der Waals surface area contributed by atoms with Gasteiger partial charge in [-0.2, -0.15) is 0 Å². The number of aliphatic hydroxyl groups is 1. The second kappa shape index (κ2) is 6.05. The average molecular weight is 275 g/mol. The molecule has 17 heavy (non-hydrogen) atoms. The predicted molar refractivity (Wildman–Crippen MR) is 69.8 cm³/mol. The Hall–Kier alpha value is -0.280. The second-order valence-corrected chi connectivity index (χ2v) is 5.19. The van der Waals surface area contributed by atoms with Crippen LogP contribution in [-0.4, -0.2) is 23.9 Å². The maximum absolute atomic E-state index is 10.1. The van der Waals surface area contributed by atoms with Crippen LogP contribution in [0.1, 0.15) is 24.8 Å². The van der Waals surface area contributed by atoms with Gasteiger partial charge in [-0.1, -0.05) is 29.3 Å². The molecular weight excluding hydrogens is 259 g/mol. The Labute approximate surface area is 111 Å². The minimum Gasteiger partial charge on any atom is -0.390 e. The fourth-order valence-electron chi connectivity index (χ4n) is 2.14. The summed E-state index contributed by atoms with van der Waals surface area (Å²) in [5, 5.41) is 11.3. The third kappa shape index (κ3) is 3.35. The van der Waals surface area contributed by atoms with Crippen LogP contribution in [0.2, 0.25) is 10.0 Å². The first-order valence-corrected chi connectivity index (χ1v) is 6.66. The SMILES string of the molecule is OC(Cc1c(Cl)cccc1Cl)C1CCCCO1. The number of ether oxygens (including phenoxy) is 1. The van der Waals surface area contributed by atoms with E-state index in [1.807, 2.05) is 0 Å². The molecular formula is C13H16Cl2O2. The molecule has 1 aromatic carbocycles. The van der Waals surface area contributed by atoms with E-state index in [4.69, 9.17) is 27.9 Å². The summed E-state index contributed by atoms with van der Waals surface area (Å²) in [5.74, 6) is 0. The van der Waals surface area contributed by atoms with Crippen molar-refractivity contribution in [2.45, 2.75) is 37.9 Å². The van der Waals surface area contributed by atoms with Gasteiger partial charge in [0.05, 0.1) is 12.2 Å². The van der Waals surface area contributed by atoms with E-state index >= 15 is 0 Å². The highest BCUT2D eigenvalue weighted by Gasteiger charge is 2.24. The van der Waals surface area contributed by atoms with Crippen molar-refractivity contribution < 1.29 is 9.84 Å². The molecule has 1 aliphatic rings. The lowest BCUT2D eigenvalue weighted by Gasteiger charge is -2.27. The predicted octanol–water partition coefficient (Wildman–Crippen LogP) is 3.47. The molecule has 1 fully saturated rings. The summed E-state index contributed by atoms with van der Waals surface area (Å²) in [4.78, 5) is 0. The van der Waals surface area contributed by atoms with E-state index in [0.29, 0.717) is 16.5 Å². The zero-order chi connectivity index (χ0) is 12.3. The molecule has 1 aliphatic heterocycles. The average Bonchev–Trinajstić information content (AvgIpc) is 2.35. The van der Waals surface area contributed by atoms with Crippen LogP contribution in [0.3, 0.4) is 0 Å². The molecule has 2 atom stereocenters. The van der Waals surface area contributed by atoms with E-state index in [1.54, 1.807) is 18.2 Å². The number of benzene rings is 1. The first kappa shape index (κ1) is 13.2. The van der Waals surface area contributed by atoms with Crippen LogP contribution in [0.15, 0.2) is 18.2 Å². The summed E-state index contributed by atoms with van der Waals surface area (Å²) >= 11 is 12.2. The highest BCUT2D eigenvalue weighted by Crippen LogP contribution is 2.27. The van der Waals surface area contributed by atoms with Crippen molar-refractivity contribution in [1.29, 1.82) is 0 Å². The Bertz CT molecular complexity index is 355. The molecule has 0 aromatic heterocycles. The van der Waals surface area contributed by atoms with E-state index in [0.717, 1.165) is 31.4 Å². The molecule has 1 heterocycles. The largest absolute Gasteiger partial charge is 0.390 e. The van der Waals surface area contributed by atoms with Crippen molar-refractivity contribution in [2.75, 3.05) is 6.61 Å². The highest BCUT2D eigenvalue weighted by molar-refractivity contribution is 6.35. The van der Waals surface area contributed by atoms with Crippen LogP contribution in [0.4, 0.5) is 0 Å². The molecule has 1 N–H and O–H groups in total. The smallest absolute Gasteiger partial charge is 0.0843 e. The summed E-state index contributed by atoms with van der Waals surface area (Å²) in [6.07, 6.45) is 2.92. The molecule has 0 bridgehead atoms. The van der Waals surface area contributed by atoms with Gasteiger partial charge in [0.15, 0.2) is 0 Å². The van der Waals surface area contributed by atoms with Gasteiger partial charge in [0.25, 0.3) is 0 Å². The molecule has 1 aromatic rings. The third-order valence-electron chi connectivity index (χ3n) is 3.12. The standard InChI is InChI=1S/C13H16Cl2O2/c14-10-4-3-5-11(15)9(10)8-12(16)13-6-1-2-7-17-13/h3-5,12-13,16H,1-2,6-8H2. The lowest BCUT2D eigenvalue weighted by atomic mass is 9.98. The Morgan fingerprint density at radius 2 is 2.00 bits per heavy atom. The molecule has 0 aliphatic carbocycles. The third-order valence-corrected chi connectivity index (χ3v) is 3.83. The number of halogens is 2. The number of hydrogen-bond donors (Lipinski definition) is 1. The monoisotopic (exact) mass is 274 g/mol. The van der Waals surface area contributed by atoms with Crippen LogP contribution in [0, 0.1) is 0 Å². The summed E-state index contributed by atoms with van der Waals surface area (Å²) in [5.41, 5.74) is 0.803. The van der Waals surface area contributed by atoms with Crippen LogP contribution < -0.4 is 0 Å². The second-order valence-electron chi connectivity index (χ2n) is 4.38. The molecule has 0 amide bonds. The Morgan fingerprint density at radius 3 is 2.59 bits per heavy atom. The lowest BCUT2D eigenvalue weighted by Crippen LogP contribution is -2.33. The first-order valence-electron chi connectivity index (χ1n) is 5.91. The minimum atomic E-state index is -0.535. The summed E-state index contributed by atoms with van der Waals surface area (Å²) in [7, 11) is 0. The van der Waals surface area contributed by atoms with Gasteiger partial charge in [-0.25, -0.2) is 0 Å². The fourth-order valence-corrected chi connectivity index (χ4v) is 2.69. The Morgan fingerprint density at radius 1 is 1.29 bits per heavy atom.